The summed E-state index contributed by atoms with van der Waals surface area (Å²) in [5, 5.41) is 5.39. The summed E-state index contributed by atoms with van der Waals surface area (Å²) in [5.74, 6) is 0. The summed E-state index contributed by atoms with van der Waals surface area (Å²) < 4.78 is 8.68. The first-order valence-electron chi connectivity index (χ1n) is 11.1. The third kappa shape index (κ3) is 3.09. The Labute approximate surface area is 205 Å². The molecule has 0 saturated heterocycles. The van der Waals surface area contributed by atoms with Crippen LogP contribution in [-0.4, -0.2) is 0 Å². The summed E-state index contributed by atoms with van der Waals surface area (Å²) in [5.41, 5.74) is 4.97. The number of thiophene rings is 1. The minimum absolute atomic E-state index is 0.675. The first kappa shape index (κ1) is 19.7. The lowest BCUT2D eigenvalue weighted by atomic mass is 10.1. The zero-order chi connectivity index (χ0) is 22.6. The molecule has 0 fully saturated rings. The minimum Gasteiger partial charge on any atom is -0.456 e. The van der Waals surface area contributed by atoms with Crippen molar-refractivity contribution in [2.75, 3.05) is 4.90 Å². The molecule has 34 heavy (non-hydrogen) atoms. The van der Waals surface area contributed by atoms with E-state index in [1.165, 1.54) is 20.2 Å². The second-order valence-corrected chi connectivity index (χ2v) is 9.89. The maximum Gasteiger partial charge on any atom is 0.136 e. The number of hydrogen-bond donors (Lipinski definition) is 0. The van der Waals surface area contributed by atoms with Gasteiger partial charge in [0.25, 0.3) is 0 Å². The van der Waals surface area contributed by atoms with Crippen molar-refractivity contribution in [1.29, 1.82) is 0 Å². The van der Waals surface area contributed by atoms with Gasteiger partial charge in [0.2, 0.25) is 0 Å². The highest BCUT2D eigenvalue weighted by atomic mass is 35.5. The number of rotatable bonds is 3. The molecule has 4 heteroatoms. The monoisotopic (exact) mass is 475 g/mol. The number of furan rings is 1. The van der Waals surface area contributed by atoms with E-state index in [0.717, 1.165) is 39.0 Å². The second kappa shape index (κ2) is 7.63. The van der Waals surface area contributed by atoms with Gasteiger partial charge >= 0.3 is 0 Å². The average Bonchev–Trinajstić information content (AvgIpc) is 3.42. The Bertz CT molecular complexity index is 1830. The Hall–Kier alpha value is -3.79. The molecule has 0 amide bonds. The van der Waals surface area contributed by atoms with Crippen LogP contribution in [0.25, 0.3) is 42.1 Å². The summed E-state index contributed by atoms with van der Waals surface area (Å²) in [6, 6.07) is 38.1. The molecule has 0 saturated carbocycles. The lowest BCUT2D eigenvalue weighted by Crippen LogP contribution is -2.09. The standard InChI is InChI=1S/C30H18ClNOS/c31-19-10-13-23-25-17-21(11-14-27(25)33-28(23)16-19)32(20-6-2-1-3-7-20)22-12-15-30-26(18-22)24-8-4-5-9-29(24)34-30/h1-18H. The third-order valence-electron chi connectivity index (χ3n) is 6.31. The molecule has 162 valence electrons. The van der Waals surface area contributed by atoms with Crippen LogP contribution in [-0.2, 0) is 0 Å². The van der Waals surface area contributed by atoms with Gasteiger partial charge in [0.1, 0.15) is 11.2 Å². The molecule has 0 atom stereocenters. The summed E-state index contributed by atoms with van der Waals surface area (Å²) >= 11 is 8.04. The molecule has 5 aromatic carbocycles. The van der Waals surface area contributed by atoms with Crippen LogP contribution >= 0.6 is 22.9 Å². The van der Waals surface area contributed by atoms with E-state index in [9.17, 15) is 0 Å². The fraction of sp³-hybridized carbons (Fsp3) is 0. The number of para-hydroxylation sites is 1. The molecule has 0 spiro atoms. The van der Waals surface area contributed by atoms with Crippen molar-refractivity contribution in [2.24, 2.45) is 0 Å². The van der Waals surface area contributed by atoms with Gasteiger partial charge in [0.15, 0.2) is 0 Å². The molecule has 2 aromatic heterocycles. The summed E-state index contributed by atoms with van der Waals surface area (Å²) in [4.78, 5) is 2.31. The van der Waals surface area contributed by atoms with Crippen LogP contribution in [0.5, 0.6) is 0 Å². The molecular weight excluding hydrogens is 458 g/mol. The third-order valence-corrected chi connectivity index (χ3v) is 7.69. The van der Waals surface area contributed by atoms with Gasteiger partial charge in [-0.05, 0) is 66.7 Å². The molecule has 7 aromatic rings. The Morgan fingerprint density at radius 1 is 0.529 bits per heavy atom. The van der Waals surface area contributed by atoms with Crippen LogP contribution in [0.15, 0.2) is 114 Å². The lowest BCUT2D eigenvalue weighted by Gasteiger charge is -2.25. The quantitative estimate of drug-likeness (QED) is 0.252. The Balaban J connectivity index is 1.47. The van der Waals surface area contributed by atoms with Gasteiger partial charge in [-0.1, -0.05) is 48.0 Å². The summed E-state index contributed by atoms with van der Waals surface area (Å²) in [6.45, 7) is 0. The van der Waals surface area contributed by atoms with Crippen molar-refractivity contribution in [3.8, 4) is 0 Å². The van der Waals surface area contributed by atoms with Gasteiger partial charge in [-0.25, -0.2) is 0 Å². The highest BCUT2D eigenvalue weighted by Crippen LogP contribution is 2.42. The van der Waals surface area contributed by atoms with Gasteiger partial charge in [0, 0.05) is 59.1 Å². The normalized spacial score (nSPS) is 11.7. The molecule has 0 aliphatic heterocycles. The summed E-state index contributed by atoms with van der Waals surface area (Å²) in [7, 11) is 0. The van der Waals surface area contributed by atoms with Crippen molar-refractivity contribution in [3.63, 3.8) is 0 Å². The molecule has 0 aliphatic rings. The largest absolute Gasteiger partial charge is 0.456 e. The fourth-order valence-corrected chi connectivity index (χ4v) is 6.00. The van der Waals surface area contributed by atoms with Crippen LogP contribution in [0.4, 0.5) is 17.1 Å². The van der Waals surface area contributed by atoms with Crippen LogP contribution in [0.1, 0.15) is 0 Å². The van der Waals surface area contributed by atoms with Gasteiger partial charge in [-0.3, -0.25) is 0 Å². The first-order chi connectivity index (χ1) is 16.7. The molecular formula is C30H18ClNOS. The number of fused-ring (bicyclic) bond motifs is 6. The van der Waals surface area contributed by atoms with Crippen LogP contribution in [0.2, 0.25) is 5.02 Å². The molecule has 0 aliphatic carbocycles. The minimum atomic E-state index is 0.675. The highest BCUT2D eigenvalue weighted by molar-refractivity contribution is 7.25. The SMILES string of the molecule is Clc1ccc2c(c1)oc1ccc(N(c3ccccc3)c3ccc4sc5ccccc5c4c3)cc12. The predicted octanol–water partition coefficient (Wildman–Crippen LogP) is 10.1. The van der Waals surface area contributed by atoms with Gasteiger partial charge < -0.3 is 9.32 Å². The van der Waals surface area contributed by atoms with E-state index >= 15 is 0 Å². The molecule has 0 radical (unpaired) electrons. The molecule has 2 nitrogen and oxygen atoms in total. The average molecular weight is 476 g/mol. The van der Waals surface area contributed by atoms with E-state index in [1.807, 2.05) is 41.7 Å². The van der Waals surface area contributed by atoms with Crippen LogP contribution in [0.3, 0.4) is 0 Å². The van der Waals surface area contributed by atoms with Crippen molar-refractivity contribution < 1.29 is 4.42 Å². The van der Waals surface area contributed by atoms with E-state index in [-0.39, 0.29) is 0 Å². The van der Waals surface area contributed by atoms with E-state index < -0.39 is 0 Å². The first-order valence-corrected chi connectivity index (χ1v) is 12.3. The lowest BCUT2D eigenvalue weighted by molar-refractivity contribution is 0.669. The topological polar surface area (TPSA) is 16.4 Å². The molecule has 0 bridgehead atoms. The maximum atomic E-state index is 6.20. The van der Waals surface area contributed by atoms with E-state index in [4.69, 9.17) is 16.0 Å². The van der Waals surface area contributed by atoms with Crippen molar-refractivity contribution in [2.45, 2.75) is 0 Å². The van der Waals surface area contributed by atoms with E-state index in [2.05, 4.69) is 83.8 Å². The predicted molar refractivity (Wildman–Crippen MR) is 146 cm³/mol. The number of nitrogens with zero attached hydrogens (tertiary/aromatic N) is 1. The zero-order valence-electron chi connectivity index (χ0n) is 18.0. The second-order valence-electron chi connectivity index (χ2n) is 8.37. The van der Waals surface area contributed by atoms with Gasteiger partial charge in [0.05, 0.1) is 0 Å². The molecule has 0 N–H and O–H groups in total. The number of anilines is 3. The van der Waals surface area contributed by atoms with Crippen molar-refractivity contribution in [1.82, 2.24) is 0 Å². The highest BCUT2D eigenvalue weighted by Gasteiger charge is 2.16. The Morgan fingerprint density at radius 3 is 2.15 bits per heavy atom. The number of hydrogen-bond acceptors (Lipinski definition) is 3. The molecule has 2 heterocycles. The van der Waals surface area contributed by atoms with Gasteiger partial charge in [-0.15, -0.1) is 11.3 Å². The number of benzene rings is 5. The fourth-order valence-electron chi connectivity index (χ4n) is 4.76. The Morgan fingerprint density at radius 2 is 1.26 bits per heavy atom. The zero-order valence-corrected chi connectivity index (χ0v) is 19.6. The molecule has 0 unspecified atom stereocenters. The summed E-state index contributed by atoms with van der Waals surface area (Å²) in [6.07, 6.45) is 0. The Kier molecular flexibility index (Phi) is 4.41. The van der Waals surface area contributed by atoms with E-state index in [1.54, 1.807) is 0 Å². The van der Waals surface area contributed by atoms with E-state index in [0.29, 0.717) is 5.02 Å². The van der Waals surface area contributed by atoms with Crippen LogP contribution in [0, 0.1) is 0 Å². The smallest absolute Gasteiger partial charge is 0.136 e. The van der Waals surface area contributed by atoms with Gasteiger partial charge in [-0.2, -0.15) is 0 Å². The van der Waals surface area contributed by atoms with Crippen molar-refractivity contribution in [3.05, 3.63) is 114 Å². The van der Waals surface area contributed by atoms with Crippen LogP contribution < -0.4 is 4.90 Å². The maximum absolute atomic E-state index is 6.20. The number of halogens is 1. The molecule has 7 rings (SSSR count). The van der Waals surface area contributed by atoms with Crippen molar-refractivity contribution >= 4 is 82.1 Å².